The molecule has 0 atom stereocenters. The van der Waals surface area contributed by atoms with E-state index in [2.05, 4.69) is 20.9 Å². The molecular weight excluding hydrogens is 369 g/mol. The normalized spacial score (nSPS) is 10.2. The number of ether oxygens (including phenoxy) is 1. The molecule has 1 aromatic heterocycles. The van der Waals surface area contributed by atoms with Crippen molar-refractivity contribution in [2.75, 3.05) is 0 Å². The summed E-state index contributed by atoms with van der Waals surface area (Å²) < 4.78 is 5.51. The SMILES string of the molecule is O=[N+]([O-])c1ccc(Cl)nc1Oc1c(Br)cccc1[N+](=O)[O-]. The molecule has 0 aliphatic rings. The van der Waals surface area contributed by atoms with Gasteiger partial charge in [0.1, 0.15) is 5.15 Å². The molecule has 0 saturated carbocycles. The van der Waals surface area contributed by atoms with Crippen molar-refractivity contribution in [2.45, 2.75) is 0 Å². The third-order valence-electron chi connectivity index (χ3n) is 2.34. The predicted molar refractivity (Wildman–Crippen MR) is 76.8 cm³/mol. The molecule has 0 aliphatic carbocycles. The number of nitrogens with zero attached hydrogens (tertiary/aromatic N) is 3. The van der Waals surface area contributed by atoms with Gasteiger partial charge in [0.15, 0.2) is 0 Å². The first-order chi connectivity index (χ1) is 9.90. The number of para-hydroxylation sites is 1. The van der Waals surface area contributed by atoms with E-state index >= 15 is 0 Å². The standard InChI is InChI=1S/C11H5BrClN3O5/c12-6-2-1-3-7(15(17)18)10(6)21-11-8(16(19)20)4-5-9(13)14-11/h1-5H. The van der Waals surface area contributed by atoms with Crippen molar-refractivity contribution in [2.24, 2.45) is 0 Å². The van der Waals surface area contributed by atoms with Gasteiger partial charge in [-0.05, 0) is 28.1 Å². The molecular formula is C11H5BrClN3O5. The lowest BCUT2D eigenvalue weighted by Gasteiger charge is -2.07. The molecule has 0 radical (unpaired) electrons. The number of rotatable bonds is 4. The Kier molecular flexibility index (Phi) is 4.34. The Hall–Kier alpha value is -2.26. The van der Waals surface area contributed by atoms with Gasteiger partial charge < -0.3 is 4.74 Å². The Morgan fingerprint density at radius 2 is 1.76 bits per heavy atom. The molecule has 0 spiro atoms. The first-order valence-electron chi connectivity index (χ1n) is 5.32. The molecule has 0 unspecified atom stereocenters. The molecule has 0 bridgehead atoms. The topological polar surface area (TPSA) is 108 Å². The van der Waals surface area contributed by atoms with Crippen LogP contribution in [0.4, 0.5) is 11.4 Å². The zero-order valence-corrected chi connectivity index (χ0v) is 12.4. The molecule has 0 saturated heterocycles. The van der Waals surface area contributed by atoms with Crippen molar-refractivity contribution in [3.8, 4) is 11.6 Å². The summed E-state index contributed by atoms with van der Waals surface area (Å²) in [4.78, 5) is 24.2. The quantitative estimate of drug-likeness (QED) is 0.453. The van der Waals surface area contributed by atoms with Crippen LogP contribution in [0.25, 0.3) is 0 Å². The lowest BCUT2D eigenvalue weighted by atomic mass is 10.3. The Bertz CT molecular complexity index is 740. The van der Waals surface area contributed by atoms with E-state index in [1.807, 2.05) is 0 Å². The first-order valence-corrected chi connectivity index (χ1v) is 6.49. The van der Waals surface area contributed by atoms with Crippen LogP contribution in [0.5, 0.6) is 11.6 Å². The van der Waals surface area contributed by atoms with Gasteiger partial charge in [-0.3, -0.25) is 20.2 Å². The van der Waals surface area contributed by atoms with Gasteiger partial charge in [-0.15, -0.1) is 0 Å². The zero-order valence-electron chi connectivity index (χ0n) is 10.0. The third-order valence-corrected chi connectivity index (χ3v) is 3.18. The summed E-state index contributed by atoms with van der Waals surface area (Å²) in [6, 6.07) is 6.47. The van der Waals surface area contributed by atoms with Gasteiger partial charge >= 0.3 is 17.3 Å². The Balaban J connectivity index is 2.55. The number of pyridine rings is 1. The molecule has 0 amide bonds. The molecule has 10 heteroatoms. The van der Waals surface area contributed by atoms with Crippen LogP contribution in [0.2, 0.25) is 5.15 Å². The maximum absolute atomic E-state index is 11.0. The number of aromatic nitrogens is 1. The minimum atomic E-state index is -0.721. The molecule has 0 N–H and O–H groups in total. The van der Waals surface area contributed by atoms with Gasteiger partial charge in [0.25, 0.3) is 0 Å². The van der Waals surface area contributed by atoms with Gasteiger partial charge in [-0.2, -0.15) is 4.98 Å². The van der Waals surface area contributed by atoms with E-state index in [9.17, 15) is 20.2 Å². The van der Waals surface area contributed by atoms with Crippen molar-refractivity contribution in [3.05, 3.63) is 60.2 Å². The molecule has 108 valence electrons. The lowest BCUT2D eigenvalue weighted by molar-refractivity contribution is -0.387. The van der Waals surface area contributed by atoms with Gasteiger partial charge in [0.05, 0.1) is 14.3 Å². The fourth-order valence-electron chi connectivity index (χ4n) is 1.46. The van der Waals surface area contributed by atoms with E-state index in [-0.39, 0.29) is 21.1 Å². The van der Waals surface area contributed by atoms with Crippen molar-refractivity contribution < 1.29 is 14.6 Å². The third kappa shape index (κ3) is 3.26. The summed E-state index contributed by atoms with van der Waals surface area (Å²) in [5, 5.41) is 21.9. The maximum Gasteiger partial charge on any atom is 0.331 e. The van der Waals surface area contributed by atoms with Crippen LogP contribution in [-0.2, 0) is 0 Å². The molecule has 2 rings (SSSR count). The van der Waals surface area contributed by atoms with E-state index in [4.69, 9.17) is 16.3 Å². The average Bonchev–Trinajstić information content (AvgIpc) is 2.40. The second kappa shape index (κ2) is 6.02. The number of nitro benzene ring substituents is 1. The summed E-state index contributed by atoms with van der Waals surface area (Å²) in [5.74, 6) is -0.622. The number of hydrogen-bond donors (Lipinski definition) is 0. The van der Waals surface area contributed by atoms with Crippen molar-refractivity contribution in [3.63, 3.8) is 0 Å². The van der Waals surface area contributed by atoms with E-state index in [1.165, 1.54) is 24.3 Å². The minimum Gasteiger partial charge on any atom is -0.425 e. The second-order valence-electron chi connectivity index (χ2n) is 3.66. The highest BCUT2D eigenvalue weighted by molar-refractivity contribution is 9.10. The molecule has 2 aromatic rings. The lowest BCUT2D eigenvalue weighted by Crippen LogP contribution is -1.99. The zero-order chi connectivity index (χ0) is 15.6. The van der Waals surface area contributed by atoms with Crippen LogP contribution in [0, 0.1) is 20.2 Å². The Morgan fingerprint density at radius 3 is 2.38 bits per heavy atom. The van der Waals surface area contributed by atoms with E-state index in [0.717, 1.165) is 6.07 Å². The number of hydrogen-bond acceptors (Lipinski definition) is 6. The highest BCUT2D eigenvalue weighted by atomic mass is 79.9. The molecule has 1 aromatic carbocycles. The van der Waals surface area contributed by atoms with Gasteiger partial charge in [0.2, 0.25) is 5.75 Å². The van der Waals surface area contributed by atoms with E-state index in [1.54, 1.807) is 0 Å². The van der Waals surface area contributed by atoms with E-state index in [0.29, 0.717) is 0 Å². The minimum absolute atomic E-state index is 0.0368. The first kappa shape index (κ1) is 15.1. The average molecular weight is 375 g/mol. The Morgan fingerprint density at radius 1 is 1.10 bits per heavy atom. The van der Waals surface area contributed by atoms with Gasteiger partial charge in [0, 0.05) is 12.1 Å². The van der Waals surface area contributed by atoms with Crippen molar-refractivity contribution >= 4 is 38.9 Å². The molecule has 8 nitrogen and oxygen atoms in total. The maximum atomic E-state index is 11.0. The fraction of sp³-hybridized carbons (Fsp3) is 0. The summed E-state index contributed by atoms with van der Waals surface area (Å²) in [5.41, 5.74) is -0.815. The van der Waals surface area contributed by atoms with Crippen LogP contribution in [-0.4, -0.2) is 14.8 Å². The molecule has 0 fully saturated rings. The molecule has 1 heterocycles. The fourth-order valence-corrected chi connectivity index (χ4v) is 2.04. The van der Waals surface area contributed by atoms with Crippen molar-refractivity contribution in [1.82, 2.24) is 4.98 Å². The summed E-state index contributed by atoms with van der Waals surface area (Å²) in [6.07, 6.45) is 0. The summed E-state index contributed by atoms with van der Waals surface area (Å²) >= 11 is 8.76. The number of halogens is 2. The smallest absolute Gasteiger partial charge is 0.331 e. The number of nitro groups is 2. The van der Waals surface area contributed by atoms with E-state index < -0.39 is 21.4 Å². The van der Waals surface area contributed by atoms with Crippen LogP contribution in [0.15, 0.2) is 34.8 Å². The second-order valence-corrected chi connectivity index (χ2v) is 4.90. The highest BCUT2D eigenvalue weighted by Gasteiger charge is 2.24. The molecule has 0 aliphatic heterocycles. The van der Waals surface area contributed by atoms with Crippen LogP contribution < -0.4 is 4.74 Å². The van der Waals surface area contributed by atoms with Gasteiger partial charge in [-0.25, -0.2) is 0 Å². The van der Waals surface area contributed by atoms with Crippen molar-refractivity contribution in [1.29, 1.82) is 0 Å². The van der Waals surface area contributed by atoms with Crippen LogP contribution >= 0.6 is 27.5 Å². The van der Waals surface area contributed by atoms with Gasteiger partial charge in [-0.1, -0.05) is 17.7 Å². The van der Waals surface area contributed by atoms with Crippen LogP contribution in [0.1, 0.15) is 0 Å². The predicted octanol–water partition coefficient (Wildman–Crippen LogP) is 4.11. The largest absolute Gasteiger partial charge is 0.425 e. The van der Waals surface area contributed by atoms with Crippen LogP contribution in [0.3, 0.4) is 0 Å². The summed E-state index contributed by atoms with van der Waals surface area (Å²) in [6.45, 7) is 0. The summed E-state index contributed by atoms with van der Waals surface area (Å²) in [7, 11) is 0. The Labute approximate surface area is 130 Å². The number of benzene rings is 1. The highest BCUT2D eigenvalue weighted by Crippen LogP contribution is 2.40. The molecule has 21 heavy (non-hydrogen) atoms. The monoisotopic (exact) mass is 373 g/mol.